The number of aromatic nitrogens is 2. The zero-order valence-electron chi connectivity index (χ0n) is 16.4. The fourth-order valence-corrected chi connectivity index (χ4v) is 4.52. The van der Waals surface area contributed by atoms with Crippen molar-refractivity contribution in [1.82, 2.24) is 10.2 Å². The number of hydrogen-bond acceptors (Lipinski definition) is 5. The van der Waals surface area contributed by atoms with Crippen LogP contribution in [0, 0.1) is 0 Å². The minimum Gasteiger partial charge on any atom is -0.312 e. The van der Waals surface area contributed by atoms with Gasteiger partial charge >= 0.3 is 0 Å². The van der Waals surface area contributed by atoms with E-state index in [-0.39, 0.29) is 23.7 Å². The molecule has 2 atom stereocenters. The van der Waals surface area contributed by atoms with Crippen molar-refractivity contribution in [3.63, 3.8) is 0 Å². The zero-order chi connectivity index (χ0) is 21.1. The highest BCUT2D eigenvalue weighted by molar-refractivity contribution is 7.15. The van der Waals surface area contributed by atoms with E-state index in [1.165, 1.54) is 11.3 Å². The first kappa shape index (κ1) is 20.5. The van der Waals surface area contributed by atoms with Crippen molar-refractivity contribution in [3.8, 4) is 0 Å². The third-order valence-electron chi connectivity index (χ3n) is 5.16. The van der Waals surface area contributed by atoms with Crippen LogP contribution < -0.4 is 10.2 Å². The highest BCUT2D eigenvalue weighted by Crippen LogP contribution is 2.34. The van der Waals surface area contributed by atoms with Crippen molar-refractivity contribution in [2.75, 3.05) is 16.8 Å². The minimum absolute atomic E-state index is 0.0415. The number of carbonyl (C=O) groups excluding carboxylic acids is 2. The van der Waals surface area contributed by atoms with Gasteiger partial charge < -0.3 is 10.2 Å². The third kappa shape index (κ3) is 4.68. The normalized spacial score (nSPS) is 17.2. The lowest BCUT2D eigenvalue weighted by Gasteiger charge is -2.16. The smallest absolute Gasteiger partial charge is 0.227 e. The van der Waals surface area contributed by atoms with Crippen molar-refractivity contribution >= 4 is 45.6 Å². The molecule has 2 unspecified atom stereocenters. The Bertz CT molecular complexity index is 1040. The number of nitrogens with one attached hydrogen (secondary N) is 1. The summed E-state index contributed by atoms with van der Waals surface area (Å²) in [5.74, 6) is 0.0117. The minimum atomic E-state index is -0.0978. The third-order valence-corrected chi connectivity index (χ3v) is 6.41. The van der Waals surface area contributed by atoms with Crippen molar-refractivity contribution in [3.05, 3.63) is 70.2 Å². The molecule has 1 aromatic heterocycles. The molecule has 2 heterocycles. The van der Waals surface area contributed by atoms with Gasteiger partial charge in [0.15, 0.2) is 0 Å². The van der Waals surface area contributed by atoms with Crippen molar-refractivity contribution in [2.24, 2.45) is 0 Å². The summed E-state index contributed by atoms with van der Waals surface area (Å²) in [7, 11) is 0. The van der Waals surface area contributed by atoms with Crippen LogP contribution in [0.4, 0.5) is 10.8 Å². The van der Waals surface area contributed by atoms with Gasteiger partial charge in [0.1, 0.15) is 5.01 Å². The standard InChI is InChI=1S/C22H21ClN4O2S/c1-14(15-5-3-2-4-6-15)11-19(28)24-22-26-25-21(30-22)16-12-20(29)27(13-16)18-9-7-17(23)8-10-18/h2-10,14,16H,11-13H2,1H3,(H,24,26,28). The highest BCUT2D eigenvalue weighted by atomic mass is 35.5. The summed E-state index contributed by atoms with van der Waals surface area (Å²) in [5, 5.41) is 13.0. The van der Waals surface area contributed by atoms with Gasteiger partial charge in [0, 0.05) is 36.0 Å². The molecule has 3 aromatic rings. The van der Waals surface area contributed by atoms with E-state index in [0.29, 0.717) is 29.5 Å². The van der Waals surface area contributed by atoms with Gasteiger partial charge in [0.25, 0.3) is 0 Å². The van der Waals surface area contributed by atoms with E-state index in [1.54, 1.807) is 17.0 Å². The van der Waals surface area contributed by atoms with E-state index in [9.17, 15) is 9.59 Å². The summed E-state index contributed by atoms with van der Waals surface area (Å²) in [6.45, 7) is 2.56. The van der Waals surface area contributed by atoms with Crippen molar-refractivity contribution in [1.29, 1.82) is 0 Å². The Morgan fingerprint density at radius 1 is 1.20 bits per heavy atom. The van der Waals surface area contributed by atoms with Crippen LogP contribution in [0.3, 0.4) is 0 Å². The summed E-state index contributed by atoms with van der Waals surface area (Å²) < 4.78 is 0. The molecule has 6 nitrogen and oxygen atoms in total. The lowest BCUT2D eigenvalue weighted by molar-refractivity contribution is -0.117. The predicted molar refractivity (Wildman–Crippen MR) is 119 cm³/mol. The number of halogens is 1. The highest BCUT2D eigenvalue weighted by Gasteiger charge is 2.34. The molecule has 0 spiro atoms. The molecule has 1 saturated heterocycles. The number of benzene rings is 2. The average Bonchev–Trinajstić information content (AvgIpc) is 3.36. The van der Waals surface area contributed by atoms with Crippen LogP contribution in [0.15, 0.2) is 54.6 Å². The van der Waals surface area contributed by atoms with E-state index in [0.717, 1.165) is 16.3 Å². The Morgan fingerprint density at radius 3 is 2.67 bits per heavy atom. The van der Waals surface area contributed by atoms with E-state index < -0.39 is 0 Å². The molecule has 2 amide bonds. The first-order valence-corrected chi connectivity index (χ1v) is 10.9. The molecule has 0 bridgehead atoms. The van der Waals surface area contributed by atoms with Gasteiger partial charge in [0.05, 0.1) is 0 Å². The number of rotatable bonds is 6. The van der Waals surface area contributed by atoms with Crippen molar-refractivity contribution in [2.45, 2.75) is 31.6 Å². The molecule has 8 heteroatoms. The maximum absolute atomic E-state index is 12.5. The van der Waals surface area contributed by atoms with Crippen LogP contribution in [0.1, 0.15) is 42.2 Å². The molecule has 1 aliphatic rings. The van der Waals surface area contributed by atoms with E-state index >= 15 is 0 Å². The molecule has 4 rings (SSSR count). The number of hydrogen-bond donors (Lipinski definition) is 1. The second kappa shape index (κ2) is 8.93. The quantitative estimate of drug-likeness (QED) is 0.594. The maximum atomic E-state index is 12.5. The molecule has 30 heavy (non-hydrogen) atoms. The topological polar surface area (TPSA) is 75.2 Å². The van der Waals surface area contributed by atoms with Gasteiger partial charge in [-0.05, 0) is 35.7 Å². The first-order valence-electron chi connectivity index (χ1n) is 9.73. The van der Waals surface area contributed by atoms with Crippen LogP contribution in [-0.4, -0.2) is 28.6 Å². The number of amides is 2. The van der Waals surface area contributed by atoms with Crippen molar-refractivity contribution < 1.29 is 9.59 Å². The van der Waals surface area contributed by atoms with Crippen LogP contribution in [0.25, 0.3) is 0 Å². The lowest BCUT2D eigenvalue weighted by Crippen LogP contribution is -2.24. The van der Waals surface area contributed by atoms with E-state index in [4.69, 9.17) is 11.6 Å². The fourth-order valence-electron chi connectivity index (χ4n) is 3.54. The molecule has 154 valence electrons. The largest absolute Gasteiger partial charge is 0.312 e. The first-order chi connectivity index (χ1) is 14.5. The molecule has 1 fully saturated rings. The Balaban J connectivity index is 1.36. The van der Waals surface area contributed by atoms with Gasteiger partial charge in [-0.2, -0.15) is 0 Å². The number of nitrogens with zero attached hydrogens (tertiary/aromatic N) is 3. The van der Waals surface area contributed by atoms with Gasteiger partial charge in [0.2, 0.25) is 16.9 Å². The Labute approximate surface area is 183 Å². The lowest BCUT2D eigenvalue weighted by atomic mass is 9.98. The predicted octanol–water partition coefficient (Wildman–Crippen LogP) is 4.84. The molecule has 1 N–H and O–H groups in total. The molecular formula is C22H21ClN4O2S. The Morgan fingerprint density at radius 2 is 1.93 bits per heavy atom. The summed E-state index contributed by atoms with van der Waals surface area (Å²) in [6, 6.07) is 17.1. The van der Waals surface area contributed by atoms with Crippen LogP contribution in [-0.2, 0) is 9.59 Å². The zero-order valence-corrected chi connectivity index (χ0v) is 18.0. The monoisotopic (exact) mass is 440 g/mol. The summed E-state index contributed by atoms with van der Waals surface area (Å²) in [5.41, 5.74) is 1.94. The molecular weight excluding hydrogens is 420 g/mol. The van der Waals surface area contributed by atoms with Gasteiger partial charge in [-0.3, -0.25) is 9.59 Å². The molecule has 0 aliphatic carbocycles. The van der Waals surface area contributed by atoms with Crippen LogP contribution in [0.2, 0.25) is 5.02 Å². The summed E-state index contributed by atoms with van der Waals surface area (Å²) in [6.07, 6.45) is 0.738. The summed E-state index contributed by atoms with van der Waals surface area (Å²) >= 11 is 7.26. The molecule has 2 aromatic carbocycles. The number of carbonyl (C=O) groups is 2. The SMILES string of the molecule is CC(CC(=O)Nc1nnc(C2CC(=O)N(c3ccc(Cl)cc3)C2)s1)c1ccccc1. The van der Waals surface area contributed by atoms with Gasteiger partial charge in [-0.1, -0.05) is 60.2 Å². The van der Waals surface area contributed by atoms with Crippen LogP contribution in [0.5, 0.6) is 0 Å². The maximum Gasteiger partial charge on any atom is 0.227 e. The molecule has 1 aliphatic heterocycles. The van der Waals surface area contributed by atoms with Gasteiger partial charge in [-0.15, -0.1) is 10.2 Å². The average molecular weight is 441 g/mol. The molecule has 0 radical (unpaired) electrons. The van der Waals surface area contributed by atoms with Gasteiger partial charge in [-0.25, -0.2) is 0 Å². The van der Waals surface area contributed by atoms with E-state index in [2.05, 4.69) is 15.5 Å². The fraction of sp³-hybridized carbons (Fsp3) is 0.273. The van der Waals surface area contributed by atoms with E-state index in [1.807, 2.05) is 49.4 Å². The second-order valence-electron chi connectivity index (χ2n) is 7.39. The second-order valence-corrected chi connectivity index (χ2v) is 8.84. The summed E-state index contributed by atoms with van der Waals surface area (Å²) in [4.78, 5) is 26.6. The number of anilines is 2. The Hall–Kier alpha value is -2.77. The van der Waals surface area contributed by atoms with Crippen LogP contribution >= 0.6 is 22.9 Å². The molecule has 0 saturated carbocycles. The Kier molecular flexibility index (Phi) is 6.11.